The average Bonchev–Trinajstić information content (AvgIpc) is 2.97. The van der Waals surface area contributed by atoms with E-state index in [1.807, 2.05) is 30.3 Å². The molecule has 0 fully saturated rings. The summed E-state index contributed by atoms with van der Waals surface area (Å²) in [4.78, 5) is 14.3. The first-order valence-electron chi connectivity index (χ1n) is 7.64. The molecular weight excluding hydrogens is 296 g/mol. The summed E-state index contributed by atoms with van der Waals surface area (Å²) in [5.74, 6) is -0.0299. The van der Waals surface area contributed by atoms with Crippen LogP contribution in [-0.2, 0) is 4.79 Å². The van der Waals surface area contributed by atoms with Crippen LogP contribution in [0, 0.1) is 0 Å². The summed E-state index contributed by atoms with van der Waals surface area (Å²) in [5.41, 5.74) is 1.01. The maximum atomic E-state index is 12.1. The molecule has 1 aromatic heterocycles. The van der Waals surface area contributed by atoms with Gasteiger partial charge in [0.25, 0.3) is 0 Å². The van der Waals surface area contributed by atoms with E-state index in [0.717, 1.165) is 36.5 Å². The maximum absolute atomic E-state index is 12.1. The largest absolute Gasteiger partial charge is 0.299 e. The second-order valence-electron chi connectivity index (χ2n) is 5.10. The second kappa shape index (κ2) is 8.60. The standard InChI is InChI=1S/C16H22N4OS/c1-3-10-20(11-4-2)12-14(21)17-16-19-18-15(22-16)13-8-6-5-7-9-13/h5-9H,3-4,10-12H2,1-2H3,(H,17,19,21). The third-order valence-corrected chi connectivity index (χ3v) is 4.03. The van der Waals surface area contributed by atoms with E-state index < -0.39 is 0 Å². The van der Waals surface area contributed by atoms with Crippen molar-refractivity contribution in [1.82, 2.24) is 15.1 Å². The molecule has 0 saturated carbocycles. The van der Waals surface area contributed by atoms with Gasteiger partial charge in [0.05, 0.1) is 6.54 Å². The minimum atomic E-state index is -0.0299. The highest BCUT2D eigenvalue weighted by Gasteiger charge is 2.12. The zero-order valence-corrected chi connectivity index (χ0v) is 13.9. The third-order valence-electron chi connectivity index (χ3n) is 3.14. The molecule has 0 unspecified atom stereocenters. The van der Waals surface area contributed by atoms with Crippen LogP contribution in [0.15, 0.2) is 30.3 Å². The molecule has 2 rings (SSSR count). The number of hydrogen-bond acceptors (Lipinski definition) is 5. The van der Waals surface area contributed by atoms with Crippen molar-refractivity contribution in [1.29, 1.82) is 0 Å². The van der Waals surface area contributed by atoms with Gasteiger partial charge < -0.3 is 0 Å². The molecule has 1 heterocycles. The number of aromatic nitrogens is 2. The highest BCUT2D eigenvalue weighted by Crippen LogP contribution is 2.25. The Labute approximate surface area is 135 Å². The van der Waals surface area contributed by atoms with Crippen LogP contribution in [0.2, 0.25) is 0 Å². The molecule has 0 radical (unpaired) electrons. The number of benzene rings is 1. The Balaban J connectivity index is 1.93. The molecule has 0 aliphatic carbocycles. The lowest BCUT2D eigenvalue weighted by Crippen LogP contribution is -2.34. The number of amides is 1. The third kappa shape index (κ3) is 4.89. The Bertz CT molecular complexity index is 579. The predicted octanol–water partition coefficient (Wildman–Crippen LogP) is 3.27. The number of nitrogens with one attached hydrogen (secondary N) is 1. The van der Waals surface area contributed by atoms with Crippen LogP contribution in [0.1, 0.15) is 26.7 Å². The first-order valence-corrected chi connectivity index (χ1v) is 8.45. The van der Waals surface area contributed by atoms with Crippen LogP contribution >= 0.6 is 11.3 Å². The van der Waals surface area contributed by atoms with Gasteiger partial charge in [-0.1, -0.05) is 55.5 Å². The van der Waals surface area contributed by atoms with E-state index in [2.05, 4.69) is 34.3 Å². The SMILES string of the molecule is CCCN(CCC)CC(=O)Nc1nnc(-c2ccccc2)s1. The van der Waals surface area contributed by atoms with Gasteiger partial charge in [-0.15, -0.1) is 10.2 Å². The van der Waals surface area contributed by atoms with E-state index >= 15 is 0 Å². The van der Waals surface area contributed by atoms with Crippen molar-refractivity contribution < 1.29 is 4.79 Å². The molecule has 118 valence electrons. The Morgan fingerprint density at radius 3 is 2.45 bits per heavy atom. The molecule has 0 saturated heterocycles. The van der Waals surface area contributed by atoms with Crippen LogP contribution in [0.3, 0.4) is 0 Å². The van der Waals surface area contributed by atoms with E-state index in [4.69, 9.17) is 0 Å². The number of anilines is 1. The van der Waals surface area contributed by atoms with Crippen molar-refractivity contribution in [2.24, 2.45) is 0 Å². The van der Waals surface area contributed by atoms with E-state index in [0.29, 0.717) is 11.7 Å². The van der Waals surface area contributed by atoms with Crippen molar-refractivity contribution in [3.63, 3.8) is 0 Å². The smallest absolute Gasteiger partial charge is 0.240 e. The Morgan fingerprint density at radius 1 is 1.14 bits per heavy atom. The minimum absolute atomic E-state index is 0.0299. The predicted molar refractivity (Wildman–Crippen MR) is 91.0 cm³/mol. The summed E-state index contributed by atoms with van der Waals surface area (Å²) in [5, 5.41) is 12.4. The normalized spacial score (nSPS) is 10.9. The summed E-state index contributed by atoms with van der Waals surface area (Å²) in [6.07, 6.45) is 2.09. The number of carbonyl (C=O) groups is 1. The molecule has 0 spiro atoms. The summed E-state index contributed by atoms with van der Waals surface area (Å²) < 4.78 is 0. The molecule has 2 aromatic rings. The number of rotatable bonds is 8. The number of nitrogens with zero attached hydrogens (tertiary/aromatic N) is 3. The Kier molecular flexibility index (Phi) is 6.48. The zero-order valence-electron chi connectivity index (χ0n) is 13.1. The van der Waals surface area contributed by atoms with Crippen LogP contribution < -0.4 is 5.32 Å². The molecule has 1 N–H and O–H groups in total. The quantitative estimate of drug-likeness (QED) is 0.811. The highest BCUT2D eigenvalue weighted by molar-refractivity contribution is 7.18. The van der Waals surface area contributed by atoms with Crippen molar-refractivity contribution in [3.8, 4) is 10.6 Å². The summed E-state index contributed by atoms with van der Waals surface area (Å²) in [6, 6.07) is 9.85. The highest BCUT2D eigenvalue weighted by atomic mass is 32.1. The molecule has 1 amide bonds. The van der Waals surface area contributed by atoms with Crippen molar-refractivity contribution in [3.05, 3.63) is 30.3 Å². The van der Waals surface area contributed by atoms with Gasteiger partial charge in [-0.05, 0) is 25.9 Å². The van der Waals surface area contributed by atoms with Gasteiger partial charge in [-0.3, -0.25) is 15.0 Å². The fourth-order valence-corrected chi connectivity index (χ4v) is 3.00. The van der Waals surface area contributed by atoms with Crippen LogP contribution in [0.5, 0.6) is 0 Å². The van der Waals surface area contributed by atoms with Gasteiger partial charge in [0.2, 0.25) is 11.0 Å². The molecule has 1 aromatic carbocycles. The second-order valence-corrected chi connectivity index (χ2v) is 6.08. The lowest BCUT2D eigenvalue weighted by Gasteiger charge is -2.19. The average molecular weight is 318 g/mol. The van der Waals surface area contributed by atoms with E-state index in [1.165, 1.54) is 11.3 Å². The van der Waals surface area contributed by atoms with Gasteiger partial charge in [0.15, 0.2) is 0 Å². The first kappa shape index (κ1) is 16.6. The van der Waals surface area contributed by atoms with Crippen molar-refractivity contribution in [2.75, 3.05) is 25.0 Å². The van der Waals surface area contributed by atoms with E-state index in [-0.39, 0.29) is 5.91 Å². The lowest BCUT2D eigenvalue weighted by molar-refractivity contribution is -0.117. The monoisotopic (exact) mass is 318 g/mol. The van der Waals surface area contributed by atoms with Crippen molar-refractivity contribution in [2.45, 2.75) is 26.7 Å². The summed E-state index contributed by atoms with van der Waals surface area (Å²) >= 11 is 1.40. The fourth-order valence-electron chi connectivity index (χ4n) is 2.24. The van der Waals surface area contributed by atoms with E-state index in [9.17, 15) is 4.79 Å². The lowest BCUT2D eigenvalue weighted by atomic mass is 10.2. The minimum Gasteiger partial charge on any atom is -0.299 e. The van der Waals surface area contributed by atoms with Gasteiger partial charge in [-0.25, -0.2) is 0 Å². The maximum Gasteiger partial charge on any atom is 0.240 e. The molecule has 0 atom stereocenters. The van der Waals surface area contributed by atoms with Crippen LogP contribution in [0.4, 0.5) is 5.13 Å². The van der Waals surface area contributed by atoms with Gasteiger partial charge in [0, 0.05) is 5.56 Å². The Hall–Kier alpha value is -1.79. The van der Waals surface area contributed by atoms with Gasteiger partial charge >= 0.3 is 0 Å². The first-order chi connectivity index (χ1) is 10.7. The van der Waals surface area contributed by atoms with Gasteiger partial charge in [-0.2, -0.15) is 0 Å². The van der Waals surface area contributed by atoms with Crippen molar-refractivity contribution >= 4 is 22.4 Å². The molecule has 22 heavy (non-hydrogen) atoms. The van der Waals surface area contributed by atoms with Gasteiger partial charge in [0.1, 0.15) is 5.01 Å². The fraction of sp³-hybridized carbons (Fsp3) is 0.438. The molecule has 0 aliphatic rings. The molecule has 5 nitrogen and oxygen atoms in total. The molecule has 0 aliphatic heterocycles. The van der Waals surface area contributed by atoms with Crippen LogP contribution in [0.25, 0.3) is 10.6 Å². The van der Waals surface area contributed by atoms with E-state index in [1.54, 1.807) is 0 Å². The summed E-state index contributed by atoms with van der Waals surface area (Å²) in [6.45, 7) is 6.52. The topological polar surface area (TPSA) is 58.1 Å². The molecule has 0 bridgehead atoms. The Morgan fingerprint density at radius 2 is 1.82 bits per heavy atom. The zero-order chi connectivity index (χ0) is 15.8. The summed E-state index contributed by atoms with van der Waals surface area (Å²) in [7, 11) is 0. The van der Waals surface area contributed by atoms with Crippen LogP contribution in [-0.4, -0.2) is 40.6 Å². The molecule has 6 heteroatoms. The number of hydrogen-bond donors (Lipinski definition) is 1. The number of carbonyl (C=O) groups excluding carboxylic acids is 1. The molecular formula is C16H22N4OS.